The number of aryl methyl sites for hydroxylation is 2. The molecule has 0 amide bonds. The topological polar surface area (TPSA) is 107 Å². The third-order valence-electron chi connectivity index (χ3n) is 3.22. The predicted octanol–water partition coefficient (Wildman–Crippen LogP) is 1.54. The molecule has 0 saturated heterocycles. The molecule has 0 aliphatic heterocycles. The van der Waals surface area contributed by atoms with Crippen molar-refractivity contribution in [1.29, 1.82) is 0 Å². The van der Waals surface area contributed by atoms with Crippen LogP contribution in [0.3, 0.4) is 0 Å². The van der Waals surface area contributed by atoms with Crippen molar-refractivity contribution in [1.82, 2.24) is 19.7 Å². The van der Waals surface area contributed by atoms with Crippen molar-refractivity contribution in [2.24, 2.45) is 7.05 Å². The van der Waals surface area contributed by atoms with Gasteiger partial charge in [0.05, 0.1) is 16.2 Å². The lowest BCUT2D eigenvalue weighted by Gasteiger charge is -2.02. The zero-order valence-corrected chi connectivity index (χ0v) is 11.3. The van der Waals surface area contributed by atoms with Gasteiger partial charge >= 0.3 is 0 Å². The van der Waals surface area contributed by atoms with Crippen LogP contribution in [-0.2, 0) is 7.05 Å². The van der Waals surface area contributed by atoms with Gasteiger partial charge in [-0.2, -0.15) is 5.10 Å². The summed E-state index contributed by atoms with van der Waals surface area (Å²) < 4.78 is 1.44. The third kappa shape index (κ3) is 1.97. The molecule has 1 N–H and O–H groups in total. The van der Waals surface area contributed by atoms with Gasteiger partial charge < -0.3 is 4.98 Å². The number of nitro groups is 1. The first-order valence-corrected chi connectivity index (χ1v) is 6.16. The summed E-state index contributed by atoms with van der Waals surface area (Å²) in [5.41, 5.74) is 1.16. The molecule has 0 atom stereocenters. The van der Waals surface area contributed by atoms with E-state index in [9.17, 15) is 14.9 Å². The molecule has 8 nitrogen and oxygen atoms in total. The maximum absolute atomic E-state index is 12.2. The Morgan fingerprint density at radius 3 is 2.76 bits per heavy atom. The zero-order chi connectivity index (χ0) is 15.1. The van der Waals surface area contributed by atoms with Crippen LogP contribution in [0.1, 0.15) is 5.69 Å². The van der Waals surface area contributed by atoms with Crippen molar-refractivity contribution < 1.29 is 4.92 Å². The molecule has 1 aromatic carbocycles. The number of benzene rings is 1. The number of fused-ring (bicyclic) bond motifs is 1. The maximum atomic E-state index is 12.2. The highest BCUT2D eigenvalue weighted by atomic mass is 16.6. The Morgan fingerprint density at radius 1 is 1.33 bits per heavy atom. The number of aromatic amines is 1. The minimum atomic E-state index is -0.504. The van der Waals surface area contributed by atoms with Gasteiger partial charge in [0.25, 0.3) is 11.2 Å². The van der Waals surface area contributed by atoms with E-state index in [0.29, 0.717) is 16.7 Å². The summed E-state index contributed by atoms with van der Waals surface area (Å²) in [5, 5.41) is 15.2. The average molecular weight is 285 g/mol. The standard InChI is InChI=1S/C13H11N5O3/c1-7-10-11(17(2)16-7)13(19)15-12(14-10)8-5-3-4-6-9(8)18(20)21/h3-6H,1-2H3,(H,14,15,19). The Balaban J connectivity index is 2.35. The smallest absolute Gasteiger partial charge is 0.280 e. The fourth-order valence-corrected chi connectivity index (χ4v) is 2.30. The normalized spacial score (nSPS) is 11.0. The number of hydrogen-bond acceptors (Lipinski definition) is 5. The molecular formula is C13H11N5O3. The highest BCUT2D eigenvalue weighted by Gasteiger charge is 2.19. The van der Waals surface area contributed by atoms with E-state index >= 15 is 0 Å². The minimum absolute atomic E-state index is 0.110. The van der Waals surface area contributed by atoms with E-state index in [1.54, 1.807) is 32.2 Å². The molecule has 8 heteroatoms. The second-order valence-electron chi connectivity index (χ2n) is 4.60. The Kier molecular flexibility index (Phi) is 2.79. The van der Waals surface area contributed by atoms with Crippen LogP contribution in [0.25, 0.3) is 22.4 Å². The number of nitrogens with one attached hydrogen (secondary N) is 1. The van der Waals surface area contributed by atoms with Crippen molar-refractivity contribution in [2.75, 3.05) is 0 Å². The van der Waals surface area contributed by atoms with Crippen LogP contribution in [0.15, 0.2) is 29.1 Å². The minimum Gasteiger partial charge on any atom is -0.304 e. The van der Waals surface area contributed by atoms with Crippen molar-refractivity contribution >= 4 is 16.7 Å². The number of hydrogen-bond donors (Lipinski definition) is 1. The summed E-state index contributed by atoms with van der Waals surface area (Å²) in [6.07, 6.45) is 0. The second kappa shape index (κ2) is 4.51. The number of rotatable bonds is 2. The fourth-order valence-electron chi connectivity index (χ4n) is 2.30. The number of nitro benzene ring substituents is 1. The molecule has 0 aliphatic rings. The van der Waals surface area contributed by atoms with Gasteiger partial charge in [0.15, 0.2) is 5.52 Å². The van der Waals surface area contributed by atoms with Gasteiger partial charge in [-0.05, 0) is 13.0 Å². The summed E-state index contributed by atoms with van der Waals surface area (Å²) in [4.78, 5) is 29.7. The van der Waals surface area contributed by atoms with Crippen molar-refractivity contribution in [3.05, 3.63) is 50.4 Å². The molecule has 106 valence electrons. The van der Waals surface area contributed by atoms with Crippen LogP contribution in [0.5, 0.6) is 0 Å². The summed E-state index contributed by atoms with van der Waals surface area (Å²) >= 11 is 0. The van der Waals surface area contributed by atoms with Gasteiger partial charge in [-0.25, -0.2) is 4.98 Å². The Morgan fingerprint density at radius 2 is 2.05 bits per heavy atom. The van der Waals surface area contributed by atoms with E-state index in [2.05, 4.69) is 15.1 Å². The van der Waals surface area contributed by atoms with Gasteiger partial charge in [0, 0.05) is 13.1 Å². The van der Waals surface area contributed by atoms with Crippen molar-refractivity contribution in [3.8, 4) is 11.4 Å². The van der Waals surface area contributed by atoms with E-state index < -0.39 is 4.92 Å². The largest absolute Gasteiger partial charge is 0.304 e. The summed E-state index contributed by atoms with van der Waals surface area (Å²) in [6, 6.07) is 6.14. The van der Waals surface area contributed by atoms with E-state index in [1.807, 2.05) is 0 Å². The van der Waals surface area contributed by atoms with Gasteiger partial charge in [-0.1, -0.05) is 12.1 Å². The predicted molar refractivity (Wildman–Crippen MR) is 76.0 cm³/mol. The number of para-hydroxylation sites is 1. The van der Waals surface area contributed by atoms with Crippen LogP contribution in [-0.4, -0.2) is 24.7 Å². The molecule has 0 radical (unpaired) electrons. The molecule has 0 saturated carbocycles. The van der Waals surface area contributed by atoms with Crippen LogP contribution in [0.2, 0.25) is 0 Å². The number of nitrogens with zero attached hydrogens (tertiary/aromatic N) is 4. The summed E-state index contributed by atoms with van der Waals surface area (Å²) in [5.74, 6) is 0.163. The molecule has 0 unspecified atom stereocenters. The van der Waals surface area contributed by atoms with Gasteiger partial charge in [0.2, 0.25) is 0 Å². The molecular weight excluding hydrogens is 274 g/mol. The number of H-pyrrole nitrogens is 1. The van der Waals surface area contributed by atoms with E-state index in [-0.39, 0.29) is 22.6 Å². The molecule has 0 spiro atoms. The Hall–Kier alpha value is -3.03. The van der Waals surface area contributed by atoms with Gasteiger partial charge in [0.1, 0.15) is 11.3 Å². The Labute approximate surface area is 118 Å². The van der Waals surface area contributed by atoms with Gasteiger partial charge in [-0.3, -0.25) is 19.6 Å². The lowest BCUT2D eigenvalue weighted by Crippen LogP contribution is -2.12. The summed E-state index contributed by atoms with van der Waals surface area (Å²) in [6.45, 7) is 1.73. The molecule has 21 heavy (non-hydrogen) atoms. The van der Waals surface area contributed by atoms with E-state index in [0.717, 1.165) is 0 Å². The molecule has 2 heterocycles. The van der Waals surface area contributed by atoms with Crippen molar-refractivity contribution in [2.45, 2.75) is 6.92 Å². The van der Waals surface area contributed by atoms with Gasteiger partial charge in [-0.15, -0.1) is 0 Å². The summed E-state index contributed by atoms with van der Waals surface area (Å²) in [7, 11) is 1.65. The molecule has 2 aromatic heterocycles. The molecule has 0 bridgehead atoms. The highest BCUT2D eigenvalue weighted by Crippen LogP contribution is 2.27. The second-order valence-corrected chi connectivity index (χ2v) is 4.60. The van der Waals surface area contributed by atoms with Crippen LogP contribution in [0.4, 0.5) is 5.69 Å². The van der Waals surface area contributed by atoms with Crippen LogP contribution < -0.4 is 5.56 Å². The quantitative estimate of drug-likeness (QED) is 0.567. The molecule has 0 fully saturated rings. The first-order chi connectivity index (χ1) is 9.99. The van der Waals surface area contributed by atoms with E-state index in [4.69, 9.17) is 0 Å². The average Bonchev–Trinajstić information content (AvgIpc) is 2.74. The van der Waals surface area contributed by atoms with Crippen LogP contribution in [0, 0.1) is 17.0 Å². The first-order valence-electron chi connectivity index (χ1n) is 6.16. The molecule has 0 aliphatic carbocycles. The first kappa shape index (κ1) is 13.0. The Bertz CT molecular complexity index is 925. The maximum Gasteiger partial charge on any atom is 0.280 e. The lowest BCUT2D eigenvalue weighted by atomic mass is 10.1. The monoisotopic (exact) mass is 285 g/mol. The number of aromatic nitrogens is 4. The van der Waals surface area contributed by atoms with Crippen LogP contribution >= 0.6 is 0 Å². The van der Waals surface area contributed by atoms with Crippen molar-refractivity contribution in [3.63, 3.8) is 0 Å². The fraction of sp³-hybridized carbons (Fsp3) is 0.154. The zero-order valence-electron chi connectivity index (χ0n) is 11.3. The molecule has 3 rings (SSSR count). The molecule has 3 aromatic rings. The lowest BCUT2D eigenvalue weighted by molar-refractivity contribution is -0.384. The highest BCUT2D eigenvalue weighted by molar-refractivity contribution is 5.80. The third-order valence-corrected chi connectivity index (χ3v) is 3.22. The SMILES string of the molecule is Cc1nn(C)c2c(=O)[nH]c(-c3ccccc3[N+](=O)[O-])nc12. The van der Waals surface area contributed by atoms with E-state index in [1.165, 1.54) is 10.7 Å².